The van der Waals surface area contributed by atoms with Gasteiger partial charge in [-0.1, -0.05) is 6.92 Å². The Labute approximate surface area is 104 Å². The van der Waals surface area contributed by atoms with Gasteiger partial charge in [0.1, 0.15) is 0 Å². The normalized spacial score (nSPS) is 20.7. The van der Waals surface area contributed by atoms with Crippen molar-refractivity contribution in [3.8, 4) is 0 Å². The summed E-state index contributed by atoms with van der Waals surface area (Å²) in [5.74, 6) is -2.51. The quantitative estimate of drug-likeness (QED) is 0.840. The van der Waals surface area contributed by atoms with Crippen molar-refractivity contribution in [2.24, 2.45) is 0 Å². The number of nitrogens with one attached hydrogen (secondary N) is 1. The number of carbonyl (C=O) groups is 2. The van der Waals surface area contributed by atoms with Gasteiger partial charge in [0.25, 0.3) is 0 Å². The third-order valence-corrected chi connectivity index (χ3v) is 3.08. The molecule has 1 aliphatic rings. The minimum Gasteiger partial charge on any atom is -0.339 e. The van der Waals surface area contributed by atoms with Crippen molar-refractivity contribution >= 4 is 11.8 Å². The molecule has 1 rings (SSSR count). The van der Waals surface area contributed by atoms with Crippen LogP contribution in [0.3, 0.4) is 0 Å². The molecule has 7 heteroatoms. The Hall–Kier alpha value is -1.27. The molecule has 0 aromatic rings. The number of nitrogens with zero attached hydrogens (tertiary/aromatic N) is 1. The van der Waals surface area contributed by atoms with Gasteiger partial charge in [-0.25, -0.2) is 0 Å². The van der Waals surface area contributed by atoms with Gasteiger partial charge in [0.05, 0.1) is 6.54 Å². The summed E-state index contributed by atoms with van der Waals surface area (Å²) in [6.45, 7) is 1.90. The Morgan fingerprint density at radius 3 is 2.56 bits per heavy atom. The molecular weight excluding hydrogens is 249 g/mol. The van der Waals surface area contributed by atoms with Crippen LogP contribution in [0.2, 0.25) is 0 Å². The van der Waals surface area contributed by atoms with Crippen LogP contribution in [-0.2, 0) is 9.59 Å². The van der Waals surface area contributed by atoms with E-state index < -0.39 is 24.5 Å². The first-order valence-corrected chi connectivity index (χ1v) is 6.00. The molecule has 104 valence electrons. The molecule has 1 heterocycles. The average molecular weight is 266 g/mol. The Morgan fingerprint density at radius 2 is 2.00 bits per heavy atom. The SMILES string of the molecule is CCC1CCCCN1C(=O)CNC(=O)C(F)(F)F. The zero-order chi connectivity index (χ0) is 13.8. The first-order chi connectivity index (χ1) is 8.36. The summed E-state index contributed by atoms with van der Waals surface area (Å²) in [7, 11) is 0. The van der Waals surface area contributed by atoms with Crippen LogP contribution in [0.15, 0.2) is 0 Å². The van der Waals surface area contributed by atoms with Crippen LogP contribution in [-0.4, -0.2) is 42.0 Å². The van der Waals surface area contributed by atoms with Gasteiger partial charge in [0, 0.05) is 12.6 Å². The molecule has 1 aliphatic heterocycles. The Bertz CT molecular complexity index is 318. The fourth-order valence-corrected chi connectivity index (χ4v) is 2.11. The highest BCUT2D eigenvalue weighted by atomic mass is 19.4. The summed E-state index contributed by atoms with van der Waals surface area (Å²) < 4.78 is 35.8. The minimum absolute atomic E-state index is 0.0778. The predicted octanol–water partition coefficient (Wildman–Crippen LogP) is 1.46. The lowest BCUT2D eigenvalue weighted by Gasteiger charge is -2.35. The fourth-order valence-electron chi connectivity index (χ4n) is 2.11. The largest absolute Gasteiger partial charge is 0.471 e. The van der Waals surface area contributed by atoms with Crippen molar-refractivity contribution in [3.63, 3.8) is 0 Å². The van der Waals surface area contributed by atoms with E-state index in [1.54, 1.807) is 10.2 Å². The first-order valence-electron chi connectivity index (χ1n) is 6.00. The monoisotopic (exact) mass is 266 g/mol. The number of piperidine rings is 1. The summed E-state index contributed by atoms with van der Waals surface area (Å²) in [5.41, 5.74) is 0. The van der Waals surface area contributed by atoms with E-state index in [9.17, 15) is 22.8 Å². The van der Waals surface area contributed by atoms with Crippen molar-refractivity contribution in [2.75, 3.05) is 13.1 Å². The van der Waals surface area contributed by atoms with Gasteiger partial charge in [-0.2, -0.15) is 13.2 Å². The topological polar surface area (TPSA) is 49.4 Å². The number of alkyl halides is 3. The second-order valence-electron chi connectivity index (χ2n) is 4.33. The van der Waals surface area contributed by atoms with E-state index in [4.69, 9.17) is 0 Å². The van der Waals surface area contributed by atoms with E-state index in [-0.39, 0.29) is 6.04 Å². The van der Waals surface area contributed by atoms with Crippen LogP contribution in [0, 0.1) is 0 Å². The molecule has 0 saturated carbocycles. The summed E-state index contributed by atoms with van der Waals surface area (Å²) in [5, 5.41) is 1.61. The maximum Gasteiger partial charge on any atom is 0.471 e. The Kier molecular flexibility index (Phi) is 4.98. The number of carbonyl (C=O) groups excluding carboxylic acids is 2. The summed E-state index contributed by atoms with van der Waals surface area (Å²) in [4.78, 5) is 23.9. The predicted molar refractivity (Wildman–Crippen MR) is 58.7 cm³/mol. The maximum absolute atomic E-state index is 11.9. The molecule has 0 aliphatic carbocycles. The average Bonchev–Trinajstić information content (AvgIpc) is 2.34. The molecule has 4 nitrogen and oxygen atoms in total. The fraction of sp³-hybridized carbons (Fsp3) is 0.818. The molecule has 0 spiro atoms. The highest BCUT2D eigenvalue weighted by Gasteiger charge is 2.39. The minimum atomic E-state index is -4.94. The molecule has 0 radical (unpaired) electrons. The van der Waals surface area contributed by atoms with Crippen molar-refractivity contribution in [1.82, 2.24) is 10.2 Å². The van der Waals surface area contributed by atoms with Gasteiger partial charge >= 0.3 is 12.1 Å². The van der Waals surface area contributed by atoms with E-state index >= 15 is 0 Å². The van der Waals surface area contributed by atoms with Crippen molar-refractivity contribution in [3.05, 3.63) is 0 Å². The molecule has 0 bridgehead atoms. The van der Waals surface area contributed by atoms with Gasteiger partial charge in [-0.15, -0.1) is 0 Å². The summed E-state index contributed by atoms with van der Waals surface area (Å²) in [6.07, 6.45) is -1.41. The number of likely N-dealkylation sites (tertiary alicyclic amines) is 1. The van der Waals surface area contributed by atoms with E-state index in [1.165, 1.54) is 0 Å². The molecule has 1 unspecified atom stereocenters. The van der Waals surface area contributed by atoms with Gasteiger partial charge < -0.3 is 10.2 Å². The van der Waals surface area contributed by atoms with Gasteiger partial charge in [-0.05, 0) is 25.7 Å². The third-order valence-electron chi connectivity index (χ3n) is 3.08. The van der Waals surface area contributed by atoms with E-state index in [0.29, 0.717) is 6.54 Å². The van der Waals surface area contributed by atoms with Gasteiger partial charge in [0.2, 0.25) is 5.91 Å². The summed E-state index contributed by atoms with van der Waals surface area (Å²) >= 11 is 0. The zero-order valence-corrected chi connectivity index (χ0v) is 10.2. The molecule has 1 atom stereocenters. The van der Waals surface area contributed by atoms with Crippen LogP contribution in [0.4, 0.5) is 13.2 Å². The van der Waals surface area contributed by atoms with E-state index in [0.717, 1.165) is 25.7 Å². The number of rotatable bonds is 3. The first kappa shape index (κ1) is 14.8. The second kappa shape index (κ2) is 6.06. The highest BCUT2D eigenvalue weighted by molar-refractivity contribution is 5.87. The van der Waals surface area contributed by atoms with Crippen LogP contribution in [0.25, 0.3) is 0 Å². The second-order valence-corrected chi connectivity index (χ2v) is 4.33. The van der Waals surface area contributed by atoms with Crippen molar-refractivity contribution in [2.45, 2.75) is 44.8 Å². The van der Waals surface area contributed by atoms with Crippen LogP contribution in [0.1, 0.15) is 32.6 Å². The molecule has 1 fully saturated rings. The van der Waals surface area contributed by atoms with Crippen LogP contribution >= 0.6 is 0 Å². The molecule has 18 heavy (non-hydrogen) atoms. The number of hydrogen-bond donors (Lipinski definition) is 1. The lowest BCUT2D eigenvalue weighted by molar-refractivity contribution is -0.174. The van der Waals surface area contributed by atoms with E-state index in [2.05, 4.69) is 0 Å². The highest BCUT2D eigenvalue weighted by Crippen LogP contribution is 2.19. The number of hydrogen-bond acceptors (Lipinski definition) is 2. The van der Waals surface area contributed by atoms with Crippen LogP contribution in [0.5, 0.6) is 0 Å². The van der Waals surface area contributed by atoms with Gasteiger partial charge in [0.15, 0.2) is 0 Å². The van der Waals surface area contributed by atoms with Crippen molar-refractivity contribution < 1.29 is 22.8 Å². The standard InChI is InChI=1S/C11H17F3N2O2/c1-2-8-5-3-4-6-16(8)9(17)7-15-10(18)11(12,13)14/h8H,2-7H2,1H3,(H,15,18). The lowest BCUT2D eigenvalue weighted by atomic mass is 10.00. The smallest absolute Gasteiger partial charge is 0.339 e. The molecular formula is C11H17F3N2O2. The Balaban J connectivity index is 2.47. The Morgan fingerprint density at radius 1 is 1.33 bits per heavy atom. The molecule has 0 aromatic carbocycles. The maximum atomic E-state index is 11.9. The zero-order valence-electron chi connectivity index (χ0n) is 10.2. The van der Waals surface area contributed by atoms with E-state index in [1.807, 2.05) is 6.92 Å². The number of amides is 2. The lowest BCUT2D eigenvalue weighted by Crippen LogP contribution is -2.49. The van der Waals surface area contributed by atoms with Crippen molar-refractivity contribution in [1.29, 1.82) is 0 Å². The molecule has 2 amide bonds. The molecule has 1 saturated heterocycles. The summed E-state index contributed by atoms with van der Waals surface area (Å²) in [6, 6.07) is 0.0778. The van der Waals surface area contributed by atoms with Gasteiger partial charge in [-0.3, -0.25) is 9.59 Å². The third kappa shape index (κ3) is 3.89. The number of halogens is 3. The molecule has 1 N–H and O–H groups in total. The van der Waals surface area contributed by atoms with Crippen LogP contribution < -0.4 is 5.32 Å². The molecule has 0 aromatic heterocycles.